The monoisotopic (exact) mass is 278 g/mol. The molecule has 4 nitrogen and oxygen atoms in total. The van der Waals surface area contributed by atoms with Gasteiger partial charge in [-0.1, -0.05) is 13.0 Å². The highest BCUT2D eigenvalue weighted by Crippen LogP contribution is 2.36. The van der Waals surface area contributed by atoms with E-state index < -0.39 is 0 Å². The van der Waals surface area contributed by atoms with Crippen molar-refractivity contribution < 1.29 is 9.47 Å². The Morgan fingerprint density at radius 2 is 1.85 bits per heavy atom. The number of nitrogens with zero attached hydrogens (tertiary/aromatic N) is 1. The summed E-state index contributed by atoms with van der Waals surface area (Å²) >= 11 is 0. The highest BCUT2D eigenvalue weighted by Gasteiger charge is 2.33. The summed E-state index contributed by atoms with van der Waals surface area (Å²) in [5, 5.41) is 3.59. The minimum absolute atomic E-state index is 0.000228. The minimum Gasteiger partial charge on any atom is -0.486 e. The van der Waals surface area contributed by atoms with Gasteiger partial charge in [0.2, 0.25) is 0 Å². The fourth-order valence-corrected chi connectivity index (χ4v) is 2.48. The smallest absolute Gasteiger partial charge is 0.161 e. The first-order valence-electron chi connectivity index (χ1n) is 7.27. The van der Waals surface area contributed by atoms with Gasteiger partial charge in [-0.05, 0) is 52.2 Å². The van der Waals surface area contributed by atoms with Gasteiger partial charge in [-0.15, -0.1) is 0 Å². The molecule has 0 radical (unpaired) electrons. The zero-order valence-electron chi connectivity index (χ0n) is 13.2. The number of hydrogen-bond donors (Lipinski definition) is 1. The van der Waals surface area contributed by atoms with E-state index in [0.717, 1.165) is 18.0 Å². The lowest BCUT2D eigenvalue weighted by Crippen LogP contribution is -2.49. The van der Waals surface area contributed by atoms with Gasteiger partial charge in [0.25, 0.3) is 0 Å². The second-order valence-corrected chi connectivity index (χ2v) is 5.94. The lowest BCUT2D eigenvalue weighted by atomic mass is 9.87. The van der Waals surface area contributed by atoms with Gasteiger partial charge in [-0.25, -0.2) is 0 Å². The number of ether oxygens (including phenoxy) is 2. The van der Waals surface area contributed by atoms with Crippen molar-refractivity contribution in [2.45, 2.75) is 32.4 Å². The Kier molecular flexibility index (Phi) is 4.55. The van der Waals surface area contributed by atoms with Gasteiger partial charge < -0.3 is 19.7 Å². The molecule has 0 aliphatic carbocycles. The average molecular weight is 278 g/mol. The first-order chi connectivity index (χ1) is 9.46. The van der Waals surface area contributed by atoms with Crippen LogP contribution in [0.15, 0.2) is 18.2 Å². The molecule has 1 N–H and O–H groups in total. The summed E-state index contributed by atoms with van der Waals surface area (Å²) < 4.78 is 11.3. The standard InChI is InChI=1S/C16H26N2O2/c1-6-17-15(16(2,3)18(4)5)12-7-8-13-14(11-12)20-10-9-19-13/h7-8,11,15,17H,6,9-10H2,1-5H3. The number of benzene rings is 1. The van der Waals surface area contributed by atoms with E-state index >= 15 is 0 Å². The summed E-state index contributed by atoms with van der Waals surface area (Å²) in [6, 6.07) is 6.48. The van der Waals surface area contributed by atoms with Crippen LogP contribution in [0, 0.1) is 0 Å². The third kappa shape index (κ3) is 2.91. The van der Waals surface area contributed by atoms with Crippen molar-refractivity contribution in [1.82, 2.24) is 10.2 Å². The van der Waals surface area contributed by atoms with E-state index in [2.05, 4.69) is 57.2 Å². The molecular formula is C16H26N2O2. The van der Waals surface area contributed by atoms with Crippen molar-refractivity contribution in [1.29, 1.82) is 0 Å². The summed E-state index contributed by atoms with van der Waals surface area (Å²) in [7, 11) is 4.23. The van der Waals surface area contributed by atoms with Gasteiger partial charge >= 0.3 is 0 Å². The molecule has 4 heteroatoms. The van der Waals surface area contributed by atoms with Crippen LogP contribution in [-0.2, 0) is 0 Å². The second kappa shape index (κ2) is 6.02. The van der Waals surface area contributed by atoms with E-state index in [-0.39, 0.29) is 11.6 Å². The Bertz CT molecular complexity index is 458. The van der Waals surface area contributed by atoms with Crippen molar-refractivity contribution in [2.24, 2.45) is 0 Å². The lowest BCUT2D eigenvalue weighted by molar-refractivity contribution is 0.137. The molecule has 1 aliphatic rings. The molecule has 1 atom stereocenters. The molecule has 1 aliphatic heterocycles. The highest BCUT2D eigenvalue weighted by atomic mass is 16.6. The predicted molar refractivity (Wildman–Crippen MR) is 81.6 cm³/mol. The number of nitrogens with one attached hydrogen (secondary N) is 1. The van der Waals surface area contributed by atoms with Gasteiger partial charge in [-0.3, -0.25) is 0 Å². The number of rotatable bonds is 5. The maximum atomic E-state index is 5.70. The van der Waals surface area contributed by atoms with Gasteiger partial charge in [-0.2, -0.15) is 0 Å². The molecule has 112 valence electrons. The SMILES string of the molecule is CCNC(c1ccc2c(c1)OCCO2)C(C)(C)N(C)C. The van der Waals surface area contributed by atoms with E-state index in [9.17, 15) is 0 Å². The van der Waals surface area contributed by atoms with Gasteiger partial charge in [0.15, 0.2) is 11.5 Å². The molecule has 0 spiro atoms. The first kappa shape index (κ1) is 15.1. The molecule has 0 amide bonds. The maximum Gasteiger partial charge on any atom is 0.161 e. The van der Waals surface area contributed by atoms with Crippen molar-refractivity contribution in [3.05, 3.63) is 23.8 Å². The fourth-order valence-electron chi connectivity index (χ4n) is 2.48. The molecule has 1 aromatic rings. The van der Waals surface area contributed by atoms with Crippen molar-refractivity contribution >= 4 is 0 Å². The van der Waals surface area contributed by atoms with Crippen LogP contribution in [0.25, 0.3) is 0 Å². The van der Waals surface area contributed by atoms with E-state index in [1.54, 1.807) is 0 Å². The molecule has 0 bridgehead atoms. The van der Waals surface area contributed by atoms with Gasteiger partial charge in [0, 0.05) is 5.54 Å². The molecule has 2 rings (SSSR count). The molecular weight excluding hydrogens is 252 g/mol. The molecule has 0 fully saturated rings. The number of fused-ring (bicyclic) bond motifs is 1. The zero-order chi connectivity index (χ0) is 14.8. The summed E-state index contributed by atoms with van der Waals surface area (Å²) in [4.78, 5) is 2.25. The largest absolute Gasteiger partial charge is 0.486 e. The van der Waals surface area contributed by atoms with Gasteiger partial charge in [0.1, 0.15) is 13.2 Å². The molecule has 1 unspecified atom stereocenters. The van der Waals surface area contributed by atoms with Gasteiger partial charge in [0.05, 0.1) is 6.04 Å². The molecule has 0 aromatic heterocycles. The molecule has 0 saturated heterocycles. The third-order valence-electron chi connectivity index (χ3n) is 4.17. The normalized spacial score (nSPS) is 16.3. The van der Waals surface area contributed by atoms with Crippen LogP contribution in [-0.4, -0.2) is 44.3 Å². The van der Waals surface area contributed by atoms with E-state index in [1.165, 1.54) is 5.56 Å². The van der Waals surface area contributed by atoms with Crippen molar-refractivity contribution in [2.75, 3.05) is 33.9 Å². The van der Waals surface area contributed by atoms with Crippen LogP contribution >= 0.6 is 0 Å². The Labute approximate surface area is 122 Å². The average Bonchev–Trinajstić information content (AvgIpc) is 2.44. The van der Waals surface area contributed by atoms with E-state index in [0.29, 0.717) is 13.2 Å². The Morgan fingerprint density at radius 1 is 1.20 bits per heavy atom. The maximum absolute atomic E-state index is 5.70. The quantitative estimate of drug-likeness (QED) is 0.897. The highest BCUT2D eigenvalue weighted by molar-refractivity contribution is 5.45. The minimum atomic E-state index is -0.000228. The molecule has 20 heavy (non-hydrogen) atoms. The number of hydrogen-bond acceptors (Lipinski definition) is 4. The van der Waals surface area contributed by atoms with E-state index in [4.69, 9.17) is 9.47 Å². The fraction of sp³-hybridized carbons (Fsp3) is 0.625. The third-order valence-corrected chi connectivity index (χ3v) is 4.17. The van der Waals surface area contributed by atoms with Crippen LogP contribution in [0.1, 0.15) is 32.4 Å². The summed E-state index contributed by atoms with van der Waals surface area (Å²) in [5.41, 5.74) is 1.23. The van der Waals surface area contributed by atoms with Crippen LogP contribution in [0.5, 0.6) is 11.5 Å². The Hall–Kier alpha value is -1.26. The lowest BCUT2D eigenvalue weighted by Gasteiger charge is -2.41. The van der Waals surface area contributed by atoms with Crippen LogP contribution in [0.4, 0.5) is 0 Å². The molecule has 0 saturated carbocycles. The summed E-state index contributed by atoms with van der Waals surface area (Å²) in [6.07, 6.45) is 0. The summed E-state index contributed by atoms with van der Waals surface area (Å²) in [6.45, 7) is 8.81. The van der Waals surface area contributed by atoms with Crippen molar-refractivity contribution in [3.63, 3.8) is 0 Å². The molecule has 1 heterocycles. The molecule has 1 aromatic carbocycles. The predicted octanol–water partition coefficient (Wildman–Crippen LogP) is 2.45. The second-order valence-electron chi connectivity index (χ2n) is 5.94. The Balaban J connectivity index is 2.34. The topological polar surface area (TPSA) is 33.7 Å². The first-order valence-corrected chi connectivity index (χ1v) is 7.27. The summed E-state index contributed by atoms with van der Waals surface area (Å²) in [5.74, 6) is 1.70. The van der Waals surface area contributed by atoms with Crippen LogP contribution < -0.4 is 14.8 Å². The van der Waals surface area contributed by atoms with Crippen molar-refractivity contribution in [3.8, 4) is 11.5 Å². The Morgan fingerprint density at radius 3 is 2.45 bits per heavy atom. The van der Waals surface area contributed by atoms with Crippen LogP contribution in [0.2, 0.25) is 0 Å². The van der Waals surface area contributed by atoms with E-state index in [1.807, 2.05) is 6.07 Å². The van der Waals surface area contributed by atoms with Crippen LogP contribution in [0.3, 0.4) is 0 Å². The number of likely N-dealkylation sites (N-methyl/N-ethyl adjacent to an activating group) is 2. The zero-order valence-corrected chi connectivity index (χ0v) is 13.2.